The Bertz CT molecular complexity index is 444. The van der Waals surface area contributed by atoms with Gasteiger partial charge in [-0.2, -0.15) is 0 Å². The summed E-state index contributed by atoms with van der Waals surface area (Å²) in [6.07, 6.45) is 0.529. The summed E-state index contributed by atoms with van der Waals surface area (Å²) in [7, 11) is -3.22. The molecule has 6 heteroatoms. The highest BCUT2D eigenvalue weighted by molar-refractivity contribution is 9.09. The van der Waals surface area contributed by atoms with Gasteiger partial charge in [0.25, 0.3) is 0 Å². The van der Waals surface area contributed by atoms with Crippen molar-refractivity contribution in [1.82, 2.24) is 0 Å². The summed E-state index contributed by atoms with van der Waals surface area (Å²) in [5.74, 6) is 0.433. The Morgan fingerprint density at radius 2 is 2.19 bits per heavy atom. The molecular formula is C10H13BrO4S. The highest BCUT2D eigenvalue weighted by atomic mass is 79.9. The van der Waals surface area contributed by atoms with Crippen molar-refractivity contribution in [3.8, 4) is 5.75 Å². The van der Waals surface area contributed by atoms with E-state index in [1.807, 2.05) is 0 Å². The largest absolute Gasteiger partial charge is 0.491 e. The summed E-state index contributed by atoms with van der Waals surface area (Å²) < 4.78 is 27.8. The average molecular weight is 309 g/mol. The number of halogens is 1. The van der Waals surface area contributed by atoms with Crippen LogP contribution in [0.3, 0.4) is 0 Å². The molecule has 0 fully saturated rings. The molecule has 0 bridgehead atoms. The highest BCUT2D eigenvalue weighted by Crippen LogP contribution is 2.17. The van der Waals surface area contributed by atoms with Crippen molar-refractivity contribution >= 4 is 25.8 Å². The van der Waals surface area contributed by atoms with Gasteiger partial charge in [0.2, 0.25) is 0 Å². The SMILES string of the molecule is CS(=O)(=O)c1cccc(OCC(O)CBr)c1. The molecule has 0 radical (unpaired) electrons. The highest BCUT2D eigenvalue weighted by Gasteiger charge is 2.08. The van der Waals surface area contributed by atoms with Gasteiger partial charge >= 0.3 is 0 Å². The van der Waals surface area contributed by atoms with Crippen LogP contribution in [0, 0.1) is 0 Å². The Labute approximate surface area is 103 Å². The van der Waals surface area contributed by atoms with Crippen LogP contribution in [-0.4, -0.2) is 37.8 Å². The molecule has 0 aromatic heterocycles. The minimum atomic E-state index is -3.22. The van der Waals surface area contributed by atoms with E-state index in [-0.39, 0.29) is 11.5 Å². The van der Waals surface area contributed by atoms with Gasteiger partial charge in [0.1, 0.15) is 12.4 Å². The summed E-state index contributed by atoms with van der Waals surface area (Å²) in [4.78, 5) is 0.207. The zero-order valence-corrected chi connectivity index (χ0v) is 11.2. The van der Waals surface area contributed by atoms with E-state index in [2.05, 4.69) is 15.9 Å². The number of hydrogen-bond donors (Lipinski definition) is 1. The third-order valence-electron chi connectivity index (χ3n) is 1.85. The zero-order valence-electron chi connectivity index (χ0n) is 8.76. The van der Waals surface area contributed by atoms with Gasteiger partial charge in [0, 0.05) is 11.6 Å². The van der Waals surface area contributed by atoms with E-state index in [4.69, 9.17) is 4.74 Å². The number of aliphatic hydroxyl groups is 1. The topological polar surface area (TPSA) is 63.6 Å². The number of hydrogen-bond acceptors (Lipinski definition) is 4. The first-order valence-corrected chi connectivity index (χ1v) is 7.61. The Kier molecular flexibility index (Phi) is 4.76. The lowest BCUT2D eigenvalue weighted by molar-refractivity contribution is 0.127. The third kappa shape index (κ3) is 4.11. The Hall–Kier alpha value is -0.590. The van der Waals surface area contributed by atoms with Crippen molar-refractivity contribution in [2.45, 2.75) is 11.0 Å². The maximum absolute atomic E-state index is 11.3. The van der Waals surface area contributed by atoms with E-state index in [0.717, 1.165) is 6.26 Å². The summed E-state index contributed by atoms with van der Waals surface area (Å²) in [5, 5.41) is 9.67. The van der Waals surface area contributed by atoms with Gasteiger partial charge in [-0.3, -0.25) is 0 Å². The molecular weight excluding hydrogens is 296 g/mol. The van der Waals surface area contributed by atoms with Gasteiger partial charge in [-0.05, 0) is 18.2 Å². The average Bonchev–Trinajstić information content (AvgIpc) is 2.25. The molecule has 1 aromatic rings. The fourth-order valence-electron chi connectivity index (χ4n) is 1.03. The van der Waals surface area contributed by atoms with Crippen LogP contribution in [0.1, 0.15) is 0 Å². The summed E-state index contributed by atoms with van der Waals surface area (Å²) in [6.45, 7) is 0.123. The Morgan fingerprint density at radius 1 is 1.50 bits per heavy atom. The second kappa shape index (κ2) is 5.65. The molecule has 0 aliphatic rings. The fourth-order valence-corrected chi connectivity index (χ4v) is 1.87. The molecule has 4 nitrogen and oxygen atoms in total. The van der Waals surface area contributed by atoms with Crippen LogP contribution >= 0.6 is 15.9 Å². The van der Waals surface area contributed by atoms with Crippen LogP contribution in [0.5, 0.6) is 5.75 Å². The van der Waals surface area contributed by atoms with Crippen molar-refractivity contribution in [1.29, 1.82) is 0 Å². The van der Waals surface area contributed by atoms with E-state index < -0.39 is 15.9 Å². The molecule has 1 aromatic carbocycles. The molecule has 0 aliphatic heterocycles. The first-order chi connectivity index (χ1) is 7.43. The maximum Gasteiger partial charge on any atom is 0.175 e. The smallest absolute Gasteiger partial charge is 0.175 e. The van der Waals surface area contributed by atoms with Gasteiger partial charge in [-0.25, -0.2) is 8.42 Å². The maximum atomic E-state index is 11.3. The van der Waals surface area contributed by atoms with Crippen LogP contribution in [0.4, 0.5) is 0 Å². The molecule has 90 valence electrons. The molecule has 0 amide bonds. The normalized spacial score (nSPS) is 13.4. The Morgan fingerprint density at radius 3 is 2.75 bits per heavy atom. The standard InChI is InChI=1S/C10H13BrO4S/c1-16(13,14)10-4-2-3-9(5-10)15-7-8(12)6-11/h2-5,8,12H,6-7H2,1H3. The van der Waals surface area contributed by atoms with E-state index in [1.165, 1.54) is 12.1 Å². The molecule has 0 spiro atoms. The van der Waals surface area contributed by atoms with Crippen molar-refractivity contribution in [2.24, 2.45) is 0 Å². The number of alkyl halides is 1. The van der Waals surface area contributed by atoms with Crippen LogP contribution < -0.4 is 4.74 Å². The van der Waals surface area contributed by atoms with Crippen molar-refractivity contribution < 1.29 is 18.3 Å². The number of benzene rings is 1. The first-order valence-electron chi connectivity index (χ1n) is 4.60. The van der Waals surface area contributed by atoms with Gasteiger partial charge in [0.15, 0.2) is 9.84 Å². The molecule has 0 saturated heterocycles. The predicted octanol–water partition coefficient (Wildman–Crippen LogP) is 1.22. The van der Waals surface area contributed by atoms with Gasteiger partial charge in [-0.1, -0.05) is 22.0 Å². The number of sulfone groups is 1. The Balaban J connectivity index is 2.76. The van der Waals surface area contributed by atoms with E-state index in [1.54, 1.807) is 12.1 Å². The number of ether oxygens (including phenoxy) is 1. The van der Waals surface area contributed by atoms with Crippen LogP contribution in [-0.2, 0) is 9.84 Å². The molecule has 0 heterocycles. The fraction of sp³-hybridized carbons (Fsp3) is 0.400. The molecule has 1 N–H and O–H groups in total. The van der Waals surface area contributed by atoms with Crippen LogP contribution in [0.2, 0.25) is 0 Å². The van der Waals surface area contributed by atoms with Crippen LogP contribution in [0.15, 0.2) is 29.2 Å². The van der Waals surface area contributed by atoms with Gasteiger partial charge in [-0.15, -0.1) is 0 Å². The molecule has 1 rings (SSSR count). The van der Waals surface area contributed by atoms with Crippen molar-refractivity contribution in [2.75, 3.05) is 18.2 Å². The molecule has 0 saturated carbocycles. The van der Waals surface area contributed by atoms with E-state index in [9.17, 15) is 13.5 Å². The lowest BCUT2D eigenvalue weighted by Crippen LogP contribution is -2.18. The minimum Gasteiger partial charge on any atom is -0.491 e. The number of rotatable bonds is 5. The predicted molar refractivity (Wildman–Crippen MR) is 64.8 cm³/mol. The first kappa shape index (κ1) is 13.5. The van der Waals surface area contributed by atoms with Gasteiger partial charge < -0.3 is 9.84 Å². The second-order valence-electron chi connectivity index (χ2n) is 3.37. The molecule has 1 atom stereocenters. The molecule has 16 heavy (non-hydrogen) atoms. The third-order valence-corrected chi connectivity index (χ3v) is 3.71. The second-order valence-corrected chi connectivity index (χ2v) is 6.03. The van der Waals surface area contributed by atoms with Crippen molar-refractivity contribution in [3.63, 3.8) is 0 Å². The lowest BCUT2D eigenvalue weighted by atomic mass is 10.3. The number of aliphatic hydroxyl groups excluding tert-OH is 1. The zero-order chi connectivity index (χ0) is 12.2. The van der Waals surface area contributed by atoms with E-state index >= 15 is 0 Å². The summed E-state index contributed by atoms with van der Waals surface area (Å²) >= 11 is 3.11. The summed E-state index contributed by atoms with van der Waals surface area (Å²) in [5.41, 5.74) is 0. The molecule has 0 aliphatic carbocycles. The molecule has 1 unspecified atom stereocenters. The monoisotopic (exact) mass is 308 g/mol. The van der Waals surface area contributed by atoms with Gasteiger partial charge in [0.05, 0.1) is 11.0 Å². The van der Waals surface area contributed by atoms with Crippen molar-refractivity contribution in [3.05, 3.63) is 24.3 Å². The lowest BCUT2D eigenvalue weighted by Gasteiger charge is -2.10. The minimum absolute atomic E-state index is 0.123. The summed E-state index contributed by atoms with van der Waals surface area (Å²) in [6, 6.07) is 6.20. The van der Waals surface area contributed by atoms with Crippen LogP contribution in [0.25, 0.3) is 0 Å². The van der Waals surface area contributed by atoms with E-state index in [0.29, 0.717) is 11.1 Å². The quantitative estimate of drug-likeness (QED) is 0.831.